The highest BCUT2D eigenvalue weighted by molar-refractivity contribution is 5.78. The van der Waals surface area contributed by atoms with E-state index in [1.165, 1.54) is 0 Å². The van der Waals surface area contributed by atoms with Crippen LogP contribution in [-0.2, 0) is 4.79 Å². The normalized spacial score (nSPS) is 21.7. The molecule has 1 atom stereocenters. The Balaban J connectivity index is 2.07. The van der Waals surface area contributed by atoms with Crippen LogP contribution < -0.4 is 16.0 Å². The Labute approximate surface area is 92.2 Å². The van der Waals surface area contributed by atoms with Crippen LogP contribution in [-0.4, -0.2) is 38.1 Å². The van der Waals surface area contributed by atoms with Crippen molar-refractivity contribution in [3.05, 3.63) is 0 Å². The first-order valence-electron chi connectivity index (χ1n) is 5.92. The highest BCUT2D eigenvalue weighted by Crippen LogP contribution is 2.09. The number of hydrogen-bond donors (Lipinski definition) is 3. The van der Waals surface area contributed by atoms with E-state index in [1.54, 1.807) is 0 Å². The second-order valence-corrected chi connectivity index (χ2v) is 4.44. The zero-order chi connectivity index (χ0) is 11.1. The molecule has 1 saturated heterocycles. The molecular formula is C11H23N3O. The third kappa shape index (κ3) is 5.14. The van der Waals surface area contributed by atoms with E-state index < -0.39 is 0 Å². The number of amides is 1. The highest BCUT2D eigenvalue weighted by atomic mass is 16.1. The summed E-state index contributed by atoms with van der Waals surface area (Å²) in [5, 5.41) is 9.49. The van der Waals surface area contributed by atoms with E-state index in [9.17, 15) is 4.79 Å². The smallest absolute Gasteiger partial charge is 0.224 e. The lowest BCUT2D eigenvalue weighted by Crippen LogP contribution is -2.42. The minimum absolute atomic E-state index is 0.179. The maximum Gasteiger partial charge on any atom is 0.224 e. The Kier molecular flexibility index (Phi) is 5.65. The van der Waals surface area contributed by atoms with Crippen molar-refractivity contribution < 1.29 is 4.79 Å². The quantitative estimate of drug-likeness (QED) is 0.568. The molecule has 1 aliphatic rings. The van der Waals surface area contributed by atoms with Crippen molar-refractivity contribution in [2.24, 2.45) is 5.92 Å². The van der Waals surface area contributed by atoms with Gasteiger partial charge in [-0.3, -0.25) is 4.79 Å². The summed E-state index contributed by atoms with van der Waals surface area (Å²) in [7, 11) is 0. The molecule has 4 nitrogen and oxygen atoms in total. The molecule has 1 amide bonds. The Morgan fingerprint density at radius 3 is 2.87 bits per heavy atom. The molecule has 0 aromatic heterocycles. The van der Waals surface area contributed by atoms with Crippen LogP contribution in [0.1, 0.15) is 26.7 Å². The molecule has 1 aliphatic heterocycles. The second kappa shape index (κ2) is 6.80. The zero-order valence-corrected chi connectivity index (χ0v) is 9.81. The molecule has 3 N–H and O–H groups in total. The van der Waals surface area contributed by atoms with Gasteiger partial charge in [-0.1, -0.05) is 13.8 Å². The Hall–Kier alpha value is -0.610. The maximum atomic E-state index is 11.7. The zero-order valence-electron chi connectivity index (χ0n) is 9.81. The van der Waals surface area contributed by atoms with Gasteiger partial charge >= 0.3 is 0 Å². The van der Waals surface area contributed by atoms with E-state index in [2.05, 4.69) is 29.8 Å². The van der Waals surface area contributed by atoms with E-state index in [0.717, 1.165) is 39.0 Å². The fraction of sp³-hybridized carbons (Fsp3) is 0.909. The number of rotatable bonds is 5. The van der Waals surface area contributed by atoms with E-state index in [-0.39, 0.29) is 11.8 Å². The molecule has 0 radical (unpaired) electrons. The summed E-state index contributed by atoms with van der Waals surface area (Å²) in [6.07, 6.45) is 2.14. The summed E-state index contributed by atoms with van der Waals surface area (Å²) in [6, 6.07) is 0.484. The first kappa shape index (κ1) is 12.5. The number of hydrogen-bond acceptors (Lipinski definition) is 3. The molecule has 88 valence electrons. The molecular weight excluding hydrogens is 190 g/mol. The summed E-state index contributed by atoms with van der Waals surface area (Å²) >= 11 is 0. The van der Waals surface area contributed by atoms with Crippen molar-refractivity contribution in [1.29, 1.82) is 0 Å². The number of piperidine rings is 1. The third-order valence-electron chi connectivity index (χ3n) is 2.64. The lowest BCUT2D eigenvalue weighted by atomic mass is 9.99. The summed E-state index contributed by atoms with van der Waals surface area (Å²) < 4.78 is 0. The van der Waals surface area contributed by atoms with Gasteiger partial charge in [0, 0.05) is 25.7 Å². The van der Waals surface area contributed by atoms with Gasteiger partial charge in [0.15, 0.2) is 0 Å². The molecule has 1 heterocycles. The van der Waals surface area contributed by atoms with E-state index >= 15 is 0 Å². The number of carbonyl (C=O) groups is 1. The van der Waals surface area contributed by atoms with Gasteiger partial charge in [-0.15, -0.1) is 0 Å². The van der Waals surface area contributed by atoms with Gasteiger partial charge in [-0.05, 0) is 19.4 Å². The topological polar surface area (TPSA) is 53.2 Å². The molecule has 0 bridgehead atoms. The SMILES string of the molecule is CC(C)NCCNC(=O)C1CCCNC1. The van der Waals surface area contributed by atoms with Crippen LogP contribution in [0, 0.1) is 5.92 Å². The van der Waals surface area contributed by atoms with Crippen LogP contribution in [0.3, 0.4) is 0 Å². The van der Waals surface area contributed by atoms with Gasteiger partial charge in [-0.2, -0.15) is 0 Å². The predicted molar refractivity (Wildman–Crippen MR) is 61.7 cm³/mol. The van der Waals surface area contributed by atoms with Crippen molar-refractivity contribution in [2.75, 3.05) is 26.2 Å². The summed E-state index contributed by atoms with van der Waals surface area (Å²) in [4.78, 5) is 11.7. The molecule has 0 aromatic rings. The molecule has 1 fully saturated rings. The average Bonchev–Trinajstić information content (AvgIpc) is 2.25. The first-order chi connectivity index (χ1) is 7.20. The fourth-order valence-electron chi connectivity index (χ4n) is 1.77. The van der Waals surface area contributed by atoms with Crippen molar-refractivity contribution in [3.8, 4) is 0 Å². The van der Waals surface area contributed by atoms with Crippen molar-refractivity contribution in [1.82, 2.24) is 16.0 Å². The van der Waals surface area contributed by atoms with E-state index in [0.29, 0.717) is 6.04 Å². The van der Waals surface area contributed by atoms with Crippen LogP contribution in [0.4, 0.5) is 0 Å². The van der Waals surface area contributed by atoms with E-state index in [4.69, 9.17) is 0 Å². The molecule has 0 spiro atoms. The molecule has 0 aromatic carbocycles. The Morgan fingerprint density at radius 1 is 1.47 bits per heavy atom. The monoisotopic (exact) mass is 213 g/mol. The van der Waals surface area contributed by atoms with Crippen LogP contribution in [0.25, 0.3) is 0 Å². The Bertz CT molecular complexity index is 188. The lowest BCUT2D eigenvalue weighted by Gasteiger charge is -2.22. The van der Waals surface area contributed by atoms with Crippen molar-refractivity contribution in [2.45, 2.75) is 32.7 Å². The van der Waals surface area contributed by atoms with Gasteiger partial charge in [0.25, 0.3) is 0 Å². The van der Waals surface area contributed by atoms with Crippen molar-refractivity contribution >= 4 is 5.91 Å². The lowest BCUT2D eigenvalue weighted by molar-refractivity contribution is -0.125. The molecule has 15 heavy (non-hydrogen) atoms. The maximum absolute atomic E-state index is 11.7. The third-order valence-corrected chi connectivity index (χ3v) is 2.64. The van der Waals surface area contributed by atoms with E-state index in [1.807, 2.05) is 0 Å². The van der Waals surface area contributed by atoms with Crippen LogP contribution in [0.15, 0.2) is 0 Å². The largest absolute Gasteiger partial charge is 0.355 e. The van der Waals surface area contributed by atoms with Crippen LogP contribution in [0.5, 0.6) is 0 Å². The van der Waals surface area contributed by atoms with Gasteiger partial charge < -0.3 is 16.0 Å². The second-order valence-electron chi connectivity index (χ2n) is 4.44. The summed E-state index contributed by atoms with van der Waals surface area (Å²) in [5.74, 6) is 0.380. The van der Waals surface area contributed by atoms with Gasteiger partial charge in [-0.25, -0.2) is 0 Å². The van der Waals surface area contributed by atoms with Gasteiger partial charge in [0.05, 0.1) is 5.92 Å². The average molecular weight is 213 g/mol. The number of carbonyl (C=O) groups excluding carboxylic acids is 1. The molecule has 0 aliphatic carbocycles. The minimum Gasteiger partial charge on any atom is -0.355 e. The molecule has 4 heteroatoms. The molecule has 1 unspecified atom stereocenters. The standard InChI is InChI=1S/C11H23N3O/c1-9(2)13-6-7-14-11(15)10-4-3-5-12-8-10/h9-10,12-13H,3-8H2,1-2H3,(H,14,15). The van der Waals surface area contributed by atoms with Crippen LogP contribution in [0.2, 0.25) is 0 Å². The van der Waals surface area contributed by atoms with Crippen molar-refractivity contribution in [3.63, 3.8) is 0 Å². The van der Waals surface area contributed by atoms with Crippen LogP contribution >= 0.6 is 0 Å². The molecule has 0 saturated carbocycles. The Morgan fingerprint density at radius 2 is 2.27 bits per heavy atom. The summed E-state index contributed by atoms with van der Waals surface area (Å²) in [5.41, 5.74) is 0. The first-order valence-corrected chi connectivity index (χ1v) is 5.92. The predicted octanol–water partition coefficient (Wildman–Crippen LogP) is 0.100. The highest BCUT2D eigenvalue weighted by Gasteiger charge is 2.19. The number of nitrogens with one attached hydrogen (secondary N) is 3. The van der Waals surface area contributed by atoms with Gasteiger partial charge in [0.2, 0.25) is 5.91 Å². The van der Waals surface area contributed by atoms with Gasteiger partial charge in [0.1, 0.15) is 0 Å². The molecule has 1 rings (SSSR count). The fourth-order valence-corrected chi connectivity index (χ4v) is 1.77. The summed E-state index contributed by atoms with van der Waals surface area (Å²) in [6.45, 7) is 7.68. The minimum atomic E-state index is 0.179.